The van der Waals surface area contributed by atoms with Crippen LogP contribution in [-0.2, 0) is 10.5 Å². The molecule has 0 aliphatic carbocycles. The second kappa shape index (κ2) is 8.56. The maximum Gasteiger partial charge on any atom is 0.230 e. The summed E-state index contributed by atoms with van der Waals surface area (Å²) in [4.78, 5) is 17.8. The van der Waals surface area contributed by atoms with Gasteiger partial charge in [0.1, 0.15) is 5.82 Å². The fourth-order valence-electron chi connectivity index (χ4n) is 2.13. The van der Waals surface area contributed by atoms with Crippen molar-refractivity contribution in [1.82, 2.24) is 15.2 Å². The van der Waals surface area contributed by atoms with Crippen LogP contribution in [0.1, 0.15) is 19.5 Å². The lowest BCUT2D eigenvalue weighted by atomic mass is 10.3. The number of benzene rings is 1. The Bertz CT molecular complexity index is 897. The quantitative estimate of drug-likeness (QED) is 0.578. The summed E-state index contributed by atoms with van der Waals surface area (Å²) in [6, 6.07) is 6.17. The molecule has 0 saturated heterocycles. The molecule has 136 valence electrons. The van der Waals surface area contributed by atoms with Gasteiger partial charge in [-0.1, -0.05) is 35.2 Å². The van der Waals surface area contributed by atoms with Crippen molar-refractivity contribution >= 4 is 56.3 Å². The standard InChI is InChI=1S/C16H16FN5OS3/c1-3-18-14-20-21-16(26-14)25-9-11-8-24-15(19-11)22(10(2)23)13-7-5-4-6-12(13)17/h4-8H,3,9H2,1-2H3,(H,18,20). The molecule has 0 radical (unpaired) electrons. The summed E-state index contributed by atoms with van der Waals surface area (Å²) in [6.45, 7) is 4.19. The molecule has 0 bridgehead atoms. The van der Waals surface area contributed by atoms with Gasteiger partial charge in [-0.15, -0.1) is 21.5 Å². The van der Waals surface area contributed by atoms with Gasteiger partial charge in [-0.2, -0.15) is 0 Å². The van der Waals surface area contributed by atoms with Crippen molar-refractivity contribution < 1.29 is 9.18 Å². The number of hydrogen-bond acceptors (Lipinski definition) is 8. The van der Waals surface area contributed by atoms with Crippen LogP contribution in [0.2, 0.25) is 0 Å². The number of thioether (sulfide) groups is 1. The van der Waals surface area contributed by atoms with Gasteiger partial charge in [0, 0.05) is 24.6 Å². The van der Waals surface area contributed by atoms with E-state index in [2.05, 4.69) is 20.5 Å². The zero-order valence-corrected chi connectivity index (χ0v) is 16.6. The summed E-state index contributed by atoms with van der Waals surface area (Å²) in [5.41, 5.74) is 1.01. The molecule has 1 amide bonds. The number of rotatable bonds is 7. The number of aromatic nitrogens is 3. The van der Waals surface area contributed by atoms with Crippen molar-refractivity contribution in [2.45, 2.75) is 23.9 Å². The van der Waals surface area contributed by atoms with Gasteiger partial charge in [0.05, 0.1) is 11.4 Å². The second-order valence-electron chi connectivity index (χ2n) is 5.12. The number of thiazole rings is 1. The monoisotopic (exact) mass is 409 g/mol. The molecular formula is C16H16FN5OS3. The van der Waals surface area contributed by atoms with Crippen molar-refractivity contribution in [2.75, 3.05) is 16.8 Å². The third kappa shape index (κ3) is 4.37. The first-order chi connectivity index (χ1) is 12.6. The molecule has 0 spiro atoms. The number of anilines is 3. The van der Waals surface area contributed by atoms with Crippen LogP contribution in [0.4, 0.5) is 20.3 Å². The molecule has 3 rings (SSSR count). The van der Waals surface area contributed by atoms with Gasteiger partial charge in [-0.3, -0.25) is 9.69 Å². The molecule has 6 nitrogen and oxygen atoms in total. The van der Waals surface area contributed by atoms with Gasteiger partial charge in [-0.25, -0.2) is 9.37 Å². The van der Waals surface area contributed by atoms with Crippen LogP contribution in [0.5, 0.6) is 0 Å². The number of amides is 1. The molecule has 10 heteroatoms. The Hall–Kier alpha value is -2.04. The molecule has 0 unspecified atom stereocenters. The van der Waals surface area contributed by atoms with Crippen LogP contribution in [-0.4, -0.2) is 27.6 Å². The van der Waals surface area contributed by atoms with Gasteiger partial charge in [0.2, 0.25) is 11.0 Å². The molecule has 0 aliphatic rings. The normalized spacial score (nSPS) is 10.7. The van der Waals surface area contributed by atoms with Crippen LogP contribution in [0.15, 0.2) is 34.0 Å². The first-order valence-electron chi connectivity index (χ1n) is 7.78. The van der Waals surface area contributed by atoms with Crippen molar-refractivity contribution in [2.24, 2.45) is 0 Å². The second-order valence-corrected chi connectivity index (χ2v) is 8.16. The van der Waals surface area contributed by atoms with E-state index in [1.807, 2.05) is 12.3 Å². The van der Waals surface area contributed by atoms with E-state index in [1.54, 1.807) is 18.2 Å². The first kappa shape index (κ1) is 18.7. The van der Waals surface area contributed by atoms with E-state index in [0.717, 1.165) is 21.7 Å². The first-order valence-corrected chi connectivity index (χ1v) is 10.5. The maximum atomic E-state index is 14.1. The fraction of sp³-hybridized carbons (Fsp3) is 0.250. The number of carbonyl (C=O) groups excluding carboxylic acids is 1. The van der Waals surface area contributed by atoms with E-state index < -0.39 is 5.82 Å². The molecule has 3 aromatic rings. The van der Waals surface area contributed by atoms with Crippen LogP contribution in [0, 0.1) is 5.82 Å². The number of nitrogens with zero attached hydrogens (tertiary/aromatic N) is 4. The minimum atomic E-state index is -0.460. The van der Waals surface area contributed by atoms with Gasteiger partial charge in [0.25, 0.3) is 0 Å². The number of hydrogen-bond donors (Lipinski definition) is 1. The predicted octanol–water partition coefficient (Wildman–Crippen LogP) is 4.54. The molecule has 2 heterocycles. The van der Waals surface area contributed by atoms with Crippen molar-refractivity contribution in [3.63, 3.8) is 0 Å². The zero-order chi connectivity index (χ0) is 18.5. The Morgan fingerprint density at radius 2 is 2.15 bits per heavy atom. The van der Waals surface area contributed by atoms with Crippen molar-refractivity contribution in [3.8, 4) is 0 Å². The average molecular weight is 410 g/mol. The summed E-state index contributed by atoms with van der Waals surface area (Å²) in [5.74, 6) is -0.151. The lowest BCUT2D eigenvalue weighted by molar-refractivity contribution is -0.115. The van der Waals surface area contributed by atoms with E-state index in [9.17, 15) is 9.18 Å². The molecule has 0 aliphatic heterocycles. The highest BCUT2D eigenvalue weighted by atomic mass is 32.2. The molecule has 2 aromatic heterocycles. The molecule has 0 saturated carbocycles. The smallest absolute Gasteiger partial charge is 0.230 e. The molecule has 26 heavy (non-hydrogen) atoms. The molecule has 1 aromatic carbocycles. The fourth-order valence-corrected chi connectivity index (χ4v) is 4.83. The Kier molecular flexibility index (Phi) is 6.17. The summed E-state index contributed by atoms with van der Waals surface area (Å²) in [5, 5.41) is 14.4. The third-order valence-corrected chi connectivity index (χ3v) is 6.14. The average Bonchev–Trinajstić information content (AvgIpc) is 3.25. The molecule has 0 atom stereocenters. The number of para-hydroxylation sites is 1. The summed E-state index contributed by atoms with van der Waals surface area (Å²) in [7, 11) is 0. The van der Waals surface area contributed by atoms with Crippen LogP contribution in [0.3, 0.4) is 0 Å². The molecular weight excluding hydrogens is 393 g/mol. The topological polar surface area (TPSA) is 71.0 Å². The minimum Gasteiger partial charge on any atom is -0.360 e. The summed E-state index contributed by atoms with van der Waals surface area (Å²) >= 11 is 4.32. The van der Waals surface area contributed by atoms with Crippen molar-refractivity contribution in [3.05, 3.63) is 41.2 Å². The van der Waals surface area contributed by atoms with Crippen LogP contribution in [0.25, 0.3) is 0 Å². The van der Waals surface area contributed by atoms with E-state index in [0.29, 0.717) is 10.9 Å². The van der Waals surface area contributed by atoms with Crippen LogP contribution >= 0.6 is 34.4 Å². The van der Waals surface area contributed by atoms with E-state index in [1.165, 1.54) is 52.3 Å². The minimum absolute atomic E-state index is 0.202. The number of nitrogens with one attached hydrogen (secondary N) is 1. The van der Waals surface area contributed by atoms with E-state index >= 15 is 0 Å². The Morgan fingerprint density at radius 1 is 1.35 bits per heavy atom. The third-order valence-electron chi connectivity index (χ3n) is 3.22. The Labute approximate surface area is 162 Å². The highest BCUT2D eigenvalue weighted by Crippen LogP contribution is 2.33. The number of carbonyl (C=O) groups is 1. The van der Waals surface area contributed by atoms with Crippen molar-refractivity contribution in [1.29, 1.82) is 0 Å². The number of halogens is 1. The Balaban J connectivity index is 1.73. The van der Waals surface area contributed by atoms with Gasteiger partial charge in [0.15, 0.2) is 9.47 Å². The van der Waals surface area contributed by atoms with Gasteiger partial charge in [-0.05, 0) is 19.1 Å². The lowest BCUT2D eigenvalue weighted by Crippen LogP contribution is -2.23. The predicted molar refractivity (Wildman–Crippen MR) is 105 cm³/mol. The summed E-state index contributed by atoms with van der Waals surface area (Å²) in [6.07, 6.45) is 0. The maximum absolute atomic E-state index is 14.1. The zero-order valence-electron chi connectivity index (χ0n) is 14.1. The van der Waals surface area contributed by atoms with E-state index in [4.69, 9.17) is 0 Å². The highest BCUT2D eigenvalue weighted by molar-refractivity contribution is 8.00. The highest BCUT2D eigenvalue weighted by Gasteiger charge is 2.21. The van der Waals surface area contributed by atoms with E-state index in [-0.39, 0.29) is 11.6 Å². The largest absolute Gasteiger partial charge is 0.360 e. The van der Waals surface area contributed by atoms with Gasteiger partial charge < -0.3 is 5.32 Å². The van der Waals surface area contributed by atoms with Gasteiger partial charge >= 0.3 is 0 Å². The SMILES string of the molecule is CCNc1nnc(SCc2csc(N(C(C)=O)c3ccccc3F)n2)s1. The van der Waals surface area contributed by atoms with Crippen LogP contribution < -0.4 is 10.2 Å². The molecule has 1 N–H and O–H groups in total. The molecule has 0 fully saturated rings. The lowest BCUT2D eigenvalue weighted by Gasteiger charge is -2.18. The Morgan fingerprint density at radius 3 is 2.88 bits per heavy atom. The summed E-state index contributed by atoms with van der Waals surface area (Å²) < 4.78 is 14.9.